The van der Waals surface area contributed by atoms with E-state index >= 15 is 0 Å². The summed E-state index contributed by atoms with van der Waals surface area (Å²) in [5.74, 6) is 5.47. The monoisotopic (exact) mass is 425 g/mol. The molecule has 1 saturated heterocycles. The van der Waals surface area contributed by atoms with E-state index in [-0.39, 0.29) is 12.5 Å². The average Bonchev–Trinajstić information content (AvgIpc) is 3.38. The van der Waals surface area contributed by atoms with Gasteiger partial charge in [-0.2, -0.15) is 0 Å². The van der Waals surface area contributed by atoms with E-state index in [1.54, 1.807) is 37.3 Å². The molecule has 4 amide bonds. The van der Waals surface area contributed by atoms with Crippen LogP contribution in [0, 0.1) is 11.8 Å². The zero-order chi connectivity index (χ0) is 21.5. The Hall–Kier alpha value is -3.35. The van der Waals surface area contributed by atoms with Crippen LogP contribution in [0.4, 0.5) is 4.79 Å². The number of thiophene rings is 1. The lowest BCUT2D eigenvalue weighted by atomic mass is 9.99. The van der Waals surface area contributed by atoms with Gasteiger partial charge in [0, 0.05) is 17.0 Å². The predicted octanol–water partition coefficient (Wildman–Crippen LogP) is 1.40. The van der Waals surface area contributed by atoms with E-state index in [4.69, 9.17) is 4.74 Å². The minimum atomic E-state index is -1.56. The van der Waals surface area contributed by atoms with Gasteiger partial charge in [-0.05, 0) is 36.8 Å². The maximum atomic E-state index is 12.9. The molecule has 1 unspecified atom stereocenters. The predicted molar refractivity (Wildman–Crippen MR) is 109 cm³/mol. The summed E-state index contributed by atoms with van der Waals surface area (Å²) in [6.45, 7) is 1.86. The lowest BCUT2D eigenvalue weighted by molar-refractivity contribution is -0.122. The lowest BCUT2D eigenvalue weighted by Crippen LogP contribution is -2.54. The van der Waals surface area contributed by atoms with Gasteiger partial charge in [-0.15, -0.1) is 11.3 Å². The Balaban J connectivity index is 1.63. The molecule has 2 aromatic rings. The third-order valence-electron chi connectivity index (χ3n) is 5.00. The van der Waals surface area contributed by atoms with E-state index in [9.17, 15) is 19.5 Å². The highest BCUT2D eigenvalue weighted by Gasteiger charge is 2.48. The molecule has 1 aromatic carbocycles. The van der Waals surface area contributed by atoms with Gasteiger partial charge in [0.1, 0.15) is 5.75 Å². The highest BCUT2D eigenvalue weighted by atomic mass is 32.1. The molecular weight excluding hydrogens is 406 g/mol. The number of nitrogens with zero attached hydrogens (tertiary/aromatic N) is 1. The first-order valence-corrected chi connectivity index (χ1v) is 10.0. The molecule has 0 saturated carbocycles. The van der Waals surface area contributed by atoms with Crippen LogP contribution in [0.3, 0.4) is 0 Å². The summed E-state index contributed by atoms with van der Waals surface area (Å²) in [5, 5.41) is 14.5. The number of aliphatic hydroxyl groups is 1. The lowest BCUT2D eigenvalue weighted by Gasteiger charge is -2.26. The normalized spacial score (nSPS) is 20.9. The number of hydrogen-bond donors (Lipinski definition) is 3. The number of urea groups is 1. The molecule has 9 heteroatoms. The van der Waals surface area contributed by atoms with Crippen molar-refractivity contribution in [3.8, 4) is 17.6 Å². The molecule has 8 nitrogen and oxygen atoms in total. The van der Waals surface area contributed by atoms with Crippen molar-refractivity contribution in [3.63, 3.8) is 0 Å². The van der Waals surface area contributed by atoms with Gasteiger partial charge in [0.15, 0.2) is 0 Å². The maximum absolute atomic E-state index is 12.9. The van der Waals surface area contributed by atoms with E-state index in [1.807, 2.05) is 0 Å². The first-order valence-electron chi connectivity index (χ1n) is 9.22. The van der Waals surface area contributed by atoms with Crippen molar-refractivity contribution in [1.29, 1.82) is 0 Å². The Morgan fingerprint density at radius 1 is 1.30 bits per heavy atom. The van der Waals surface area contributed by atoms with Crippen molar-refractivity contribution in [2.75, 3.05) is 13.7 Å². The number of nitrogens with one attached hydrogen (secondary N) is 2. The van der Waals surface area contributed by atoms with Gasteiger partial charge in [-0.3, -0.25) is 14.9 Å². The summed E-state index contributed by atoms with van der Waals surface area (Å²) in [5.41, 5.74) is -0.246. The summed E-state index contributed by atoms with van der Waals surface area (Å²) in [7, 11) is 1.52. The molecule has 3 heterocycles. The molecule has 0 bridgehead atoms. The van der Waals surface area contributed by atoms with E-state index in [0.29, 0.717) is 22.7 Å². The number of ether oxygens (including phenoxy) is 1. The fourth-order valence-corrected chi connectivity index (χ4v) is 4.22. The molecule has 1 fully saturated rings. The molecule has 2 aliphatic rings. The van der Waals surface area contributed by atoms with Crippen molar-refractivity contribution in [2.45, 2.75) is 25.1 Å². The molecule has 2 atom stereocenters. The summed E-state index contributed by atoms with van der Waals surface area (Å²) in [6, 6.07) is 8.08. The van der Waals surface area contributed by atoms with Crippen molar-refractivity contribution >= 4 is 29.2 Å². The third kappa shape index (κ3) is 3.51. The Bertz CT molecular complexity index is 1110. The standard InChI is InChI=1S/C21H19N3O5S/c1-12(25)17-6-5-15(30-17)7-8-21(19(27)22-20(28)23-21)11-24-10-13-3-4-14(29-2)9-16(13)18(24)26/h3-6,9,12,25H,10-11H2,1-2H3,(H2,22,23,27,28)/t12?,21-/m1/s1. The summed E-state index contributed by atoms with van der Waals surface area (Å²) < 4.78 is 5.18. The second kappa shape index (κ2) is 7.48. The average molecular weight is 425 g/mol. The van der Waals surface area contributed by atoms with Gasteiger partial charge in [-0.25, -0.2) is 4.79 Å². The maximum Gasteiger partial charge on any atom is 0.323 e. The molecule has 2 aliphatic heterocycles. The molecule has 0 radical (unpaired) electrons. The largest absolute Gasteiger partial charge is 0.497 e. The first kappa shape index (κ1) is 19.9. The fourth-order valence-electron chi connectivity index (χ4n) is 3.42. The van der Waals surface area contributed by atoms with Crippen molar-refractivity contribution in [2.24, 2.45) is 0 Å². The molecule has 3 N–H and O–H groups in total. The second-order valence-electron chi connectivity index (χ2n) is 7.13. The van der Waals surface area contributed by atoms with Crippen molar-refractivity contribution in [3.05, 3.63) is 51.2 Å². The number of aliphatic hydroxyl groups excluding tert-OH is 1. The number of hydrogen-bond acceptors (Lipinski definition) is 6. The minimum absolute atomic E-state index is 0.0952. The molecule has 0 aliphatic carbocycles. The van der Waals surface area contributed by atoms with Gasteiger partial charge in [0.25, 0.3) is 11.8 Å². The van der Waals surface area contributed by atoms with Crippen molar-refractivity contribution in [1.82, 2.24) is 15.5 Å². The Morgan fingerprint density at radius 2 is 2.10 bits per heavy atom. The van der Waals surface area contributed by atoms with E-state index in [1.165, 1.54) is 23.3 Å². The first-order chi connectivity index (χ1) is 14.3. The number of fused-ring (bicyclic) bond motifs is 1. The Morgan fingerprint density at radius 3 is 2.73 bits per heavy atom. The molecule has 1 aromatic heterocycles. The molecule has 30 heavy (non-hydrogen) atoms. The van der Waals surface area contributed by atoms with Crippen LogP contribution in [0.1, 0.15) is 38.7 Å². The van der Waals surface area contributed by atoms with Gasteiger partial charge in [0.2, 0.25) is 5.54 Å². The summed E-state index contributed by atoms with van der Waals surface area (Å²) in [6.07, 6.45) is -0.619. The summed E-state index contributed by atoms with van der Waals surface area (Å²) in [4.78, 5) is 40.2. The van der Waals surface area contributed by atoms with Gasteiger partial charge >= 0.3 is 6.03 Å². The molecular formula is C21H19N3O5S. The quantitative estimate of drug-likeness (QED) is 0.507. The van der Waals surface area contributed by atoms with Gasteiger partial charge < -0.3 is 20.1 Å². The number of amides is 4. The topological polar surface area (TPSA) is 108 Å². The SMILES string of the molecule is COc1ccc2c(c1)C(=O)N(C[C@@]1(C#Cc3ccc(C(C)O)s3)NC(=O)NC1=O)C2. The molecule has 4 rings (SSSR count). The van der Waals surface area contributed by atoms with Crippen LogP contribution in [0.5, 0.6) is 5.75 Å². The number of imide groups is 1. The number of benzene rings is 1. The molecule has 0 spiro atoms. The van der Waals surface area contributed by atoms with Crippen LogP contribution in [-0.2, 0) is 11.3 Å². The molecule has 154 valence electrons. The smallest absolute Gasteiger partial charge is 0.323 e. The number of rotatable bonds is 4. The Kier molecular flexibility index (Phi) is 4.97. The Labute approximate surface area is 176 Å². The highest BCUT2D eigenvalue weighted by molar-refractivity contribution is 7.12. The van der Waals surface area contributed by atoms with E-state index in [2.05, 4.69) is 22.5 Å². The van der Waals surface area contributed by atoms with Crippen LogP contribution < -0.4 is 15.4 Å². The highest BCUT2D eigenvalue weighted by Crippen LogP contribution is 2.29. The fraction of sp³-hybridized carbons (Fsp3) is 0.286. The van der Waals surface area contributed by atoms with Crippen LogP contribution >= 0.6 is 11.3 Å². The van der Waals surface area contributed by atoms with E-state index < -0.39 is 23.6 Å². The second-order valence-corrected chi connectivity index (χ2v) is 8.24. The van der Waals surface area contributed by atoms with Gasteiger partial charge in [0.05, 0.1) is 24.6 Å². The minimum Gasteiger partial charge on any atom is -0.497 e. The number of carbonyl (C=O) groups is 3. The third-order valence-corrected chi connectivity index (χ3v) is 6.17. The zero-order valence-electron chi connectivity index (χ0n) is 16.3. The number of methoxy groups -OCH3 is 1. The van der Waals surface area contributed by atoms with Gasteiger partial charge in [-0.1, -0.05) is 17.9 Å². The van der Waals surface area contributed by atoms with Crippen LogP contribution in [0.15, 0.2) is 30.3 Å². The zero-order valence-corrected chi connectivity index (χ0v) is 17.1. The van der Waals surface area contributed by atoms with E-state index in [0.717, 1.165) is 10.4 Å². The summed E-state index contributed by atoms with van der Waals surface area (Å²) >= 11 is 1.30. The van der Waals surface area contributed by atoms with Crippen molar-refractivity contribution < 1.29 is 24.2 Å². The van der Waals surface area contributed by atoms with Crippen LogP contribution in [0.25, 0.3) is 0 Å². The number of carbonyl (C=O) groups excluding carboxylic acids is 3. The van der Waals surface area contributed by atoms with Crippen LogP contribution in [0.2, 0.25) is 0 Å². The van der Waals surface area contributed by atoms with Crippen LogP contribution in [-0.4, -0.2) is 47.0 Å².